The molecule has 0 bridgehead atoms. The second-order valence-electron chi connectivity index (χ2n) is 4.45. The van der Waals surface area contributed by atoms with Crippen LogP contribution in [0.5, 0.6) is 0 Å². The third kappa shape index (κ3) is 5.73. The highest BCUT2D eigenvalue weighted by atomic mass is 16.3. The van der Waals surface area contributed by atoms with Crippen molar-refractivity contribution >= 4 is 0 Å². The van der Waals surface area contributed by atoms with Crippen LogP contribution in [0, 0.1) is 0 Å². The van der Waals surface area contributed by atoms with Crippen LogP contribution >= 0.6 is 0 Å². The average Bonchev–Trinajstić information content (AvgIpc) is 2.86. The molecule has 0 saturated heterocycles. The number of nitrogens with one attached hydrogen (secondary N) is 1. The molecule has 0 aliphatic carbocycles. The van der Waals surface area contributed by atoms with Gasteiger partial charge in [-0.3, -0.25) is 0 Å². The van der Waals surface area contributed by atoms with Crippen molar-refractivity contribution in [2.24, 2.45) is 0 Å². The van der Waals surface area contributed by atoms with E-state index in [2.05, 4.69) is 24.9 Å². The van der Waals surface area contributed by atoms with Crippen LogP contribution in [-0.2, 0) is 0 Å². The summed E-state index contributed by atoms with van der Waals surface area (Å²) in [6.07, 6.45) is 11.0. The fourth-order valence-electron chi connectivity index (χ4n) is 1.97. The van der Waals surface area contributed by atoms with E-state index in [1.165, 1.54) is 19.3 Å². The van der Waals surface area contributed by atoms with Gasteiger partial charge in [0, 0.05) is 0 Å². The summed E-state index contributed by atoms with van der Waals surface area (Å²) in [5.41, 5.74) is 0. The molecule has 0 aliphatic rings. The van der Waals surface area contributed by atoms with Gasteiger partial charge in [0.15, 0.2) is 0 Å². The molecule has 0 radical (unpaired) electrons. The number of unbranched alkanes of at least 4 members (excludes halogenated alkanes) is 3. The molecule has 1 atom stereocenters. The normalized spacial score (nSPS) is 12.5. The van der Waals surface area contributed by atoms with Gasteiger partial charge in [-0.1, -0.05) is 25.8 Å². The van der Waals surface area contributed by atoms with Crippen LogP contribution in [0.15, 0.2) is 35.5 Å². The van der Waals surface area contributed by atoms with E-state index in [0.717, 1.165) is 31.6 Å². The molecule has 1 aromatic rings. The van der Waals surface area contributed by atoms with Gasteiger partial charge in [0.05, 0.1) is 12.3 Å². The van der Waals surface area contributed by atoms with E-state index in [1.807, 2.05) is 12.1 Å². The molecule has 2 nitrogen and oxygen atoms in total. The highest BCUT2D eigenvalue weighted by molar-refractivity contribution is 5.04. The van der Waals surface area contributed by atoms with Crippen molar-refractivity contribution in [1.82, 2.24) is 5.32 Å². The Morgan fingerprint density at radius 2 is 2.29 bits per heavy atom. The monoisotopic (exact) mass is 235 g/mol. The van der Waals surface area contributed by atoms with E-state index in [1.54, 1.807) is 6.26 Å². The Hall–Kier alpha value is -1.02. The predicted octanol–water partition coefficient (Wildman–Crippen LogP) is 4.46. The summed E-state index contributed by atoms with van der Waals surface area (Å²) in [4.78, 5) is 0. The van der Waals surface area contributed by atoms with Crippen molar-refractivity contribution in [3.63, 3.8) is 0 Å². The van der Waals surface area contributed by atoms with E-state index in [9.17, 15) is 0 Å². The van der Waals surface area contributed by atoms with Gasteiger partial charge in [0.2, 0.25) is 0 Å². The molecular weight excluding hydrogens is 210 g/mol. The summed E-state index contributed by atoms with van der Waals surface area (Å²) >= 11 is 0. The second kappa shape index (κ2) is 9.06. The number of rotatable bonds is 10. The van der Waals surface area contributed by atoms with E-state index >= 15 is 0 Å². The molecule has 1 aromatic heterocycles. The quantitative estimate of drug-likeness (QED) is 0.478. The molecule has 1 heterocycles. The van der Waals surface area contributed by atoms with Gasteiger partial charge in [-0.25, -0.2) is 0 Å². The first-order valence-corrected chi connectivity index (χ1v) is 6.76. The molecule has 1 rings (SSSR count). The lowest BCUT2D eigenvalue weighted by Gasteiger charge is -2.15. The van der Waals surface area contributed by atoms with Crippen molar-refractivity contribution in [3.05, 3.63) is 36.8 Å². The second-order valence-corrected chi connectivity index (χ2v) is 4.45. The SMILES string of the molecule is C=CCCCCCC(NCCC)c1ccco1. The number of furan rings is 1. The maximum Gasteiger partial charge on any atom is 0.120 e. The fourth-order valence-corrected chi connectivity index (χ4v) is 1.97. The van der Waals surface area contributed by atoms with Crippen LogP contribution in [0.25, 0.3) is 0 Å². The Kier molecular flexibility index (Phi) is 7.48. The first-order chi connectivity index (χ1) is 8.38. The molecule has 0 fully saturated rings. The molecule has 0 spiro atoms. The first-order valence-electron chi connectivity index (χ1n) is 6.76. The van der Waals surface area contributed by atoms with Crippen molar-refractivity contribution < 1.29 is 4.42 Å². The maximum absolute atomic E-state index is 5.49. The molecule has 96 valence electrons. The lowest BCUT2D eigenvalue weighted by Crippen LogP contribution is -2.21. The Balaban J connectivity index is 2.28. The molecular formula is C15H25NO. The summed E-state index contributed by atoms with van der Waals surface area (Å²) in [5, 5.41) is 3.55. The van der Waals surface area contributed by atoms with E-state index in [-0.39, 0.29) is 0 Å². The zero-order valence-electron chi connectivity index (χ0n) is 11.0. The van der Waals surface area contributed by atoms with Crippen molar-refractivity contribution in [1.29, 1.82) is 0 Å². The summed E-state index contributed by atoms with van der Waals surface area (Å²) < 4.78 is 5.49. The minimum Gasteiger partial charge on any atom is -0.468 e. The van der Waals surface area contributed by atoms with Gasteiger partial charge in [-0.05, 0) is 44.4 Å². The Labute approximate surface area is 105 Å². The maximum atomic E-state index is 5.49. The largest absolute Gasteiger partial charge is 0.468 e. The van der Waals surface area contributed by atoms with Crippen molar-refractivity contribution in [2.75, 3.05) is 6.54 Å². The van der Waals surface area contributed by atoms with Gasteiger partial charge >= 0.3 is 0 Å². The Morgan fingerprint density at radius 3 is 2.94 bits per heavy atom. The van der Waals surface area contributed by atoms with Gasteiger partial charge in [0.1, 0.15) is 5.76 Å². The zero-order valence-corrected chi connectivity index (χ0v) is 11.0. The number of hydrogen-bond acceptors (Lipinski definition) is 2. The third-order valence-electron chi connectivity index (χ3n) is 2.93. The summed E-state index contributed by atoms with van der Waals surface area (Å²) in [5.74, 6) is 1.07. The van der Waals surface area contributed by atoms with Gasteiger partial charge in [-0.2, -0.15) is 0 Å². The number of allylic oxidation sites excluding steroid dienone is 1. The molecule has 0 amide bonds. The predicted molar refractivity (Wildman–Crippen MR) is 73.0 cm³/mol. The van der Waals surface area contributed by atoms with Crippen LogP contribution < -0.4 is 5.32 Å². The van der Waals surface area contributed by atoms with Crippen molar-refractivity contribution in [3.8, 4) is 0 Å². The molecule has 17 heavy (non-hydrogen) atoms. The average molecular weight is 235 g/mol. The van der Waals surface area contributed by atoms with Crippen LogP contribution in [0.3, 0.4) is 0 Å². The minimum atomic E-state index is 0.383. The van der Waals surface area contributed by atoms with Crippen LogP contribution in [0.1, 0.15) is 57.3 Å². The number of hydrogen-bond donors (Lipinski definition) is 1. The molecule has 0 aliphatic heterocycles. The Bertz CT molecular complexity index is 279. The molecule has 2 heteroatoms. The molecule has 1 unspecified atom stereocenters. The summed E-state index contributed by atoms with van der Waals surface area (Å²) in [7, 11) is 0. The highest BCUT2D eigenvalue weighted by Gasteiger charge is 2.12. The first kappa shape index (κ1) is 14.0. The van der Waals surface area contributed by atoms with Gasteiger partial charge < -0.3 is 9.73 Å². The van der Waals surface area contributed by atoms with E-state index < -0.39 is 0 Å². The lowest BCUT2D eigenvalue weighted by molar-refractivity contribution is 0.385. The fraction of sp³-hybridized carbons (Fsp3) is 0.600. The third-order valence-corrected chi connectivity index (χ3v) is 2.93. The smallest absolute Gasteiger partial charge is 0.120 e. The lowest BCUT2D eigenvalue weighted by atomic mass is 10.0. The van der Waals surface area contributed by atoms with E-state index in [4.69, 9.17) is 4.42 Å². The minimum absolute atomic E-state index is 0.383. The van der Waals surface area contributed by atoms with Crippen LogP contribution in [0.2, 0.25) is 0 Å². The Morgan fingerprint density at radius 1 is 1.41 bits per heavy atom. The standard InChI is InChI=1S/C15H25NO/c1-3-5-6-7-8-10-14(16-12-4-2)15-11-9-13-17-15/h3,9,11,13-14,16H,1,4-8,10,12H2,2H3. The zero-order chi connectivity index (χ0) is 12.3. The topological polar surface area (TPSA) is 25.2 Å². The summed E-state index contributed by atoms with van der Waals surface area (Å²) in [6, 6.07) is 4.42. The molecule has 0 saturated carbocycles. The summed E-state index contributed by atoms with van der Waals surface area (Å²) in [6.45, 7) is 6.99. The van der Waals surface area contributed by atoms with Gasteiger partial charge in [-0.15, -0.1) is 6.58 Å². The highest BCUT2D eigenvalue weighted by Crippen LogP contribution is 2.20. The van der Waals surface area contributed by atoms with Gasteiger partial charge in [0.25, 0.3) is 0 Å². The van der Waals surface area contributed by atoms with E-state index in [0.29, 0.717) is 6.04 Å². The molecule has 0 aromatic carbocycles. The van der Waals surface area contributed by atoms with Crippen LogP contribution in [0.4, 0.5) is 0 Å². The van der Waals surface area contributed by atoms with Crippen LogP contribution in [-0.4, -0.2) is 6.54 Å². The molecule has 1 N–H and O–H groups in total. The van der Waals surface area contributed by atoms with Crippen molar-refractivity contribution in [2.45, 2.75) is 51.5 Å².